The molecule has 4 N–H and O–H groups in total. The molecule has 0 amide bonds. The summed E-state index contributed by atoms with van der Waals surface area (Å²) in [5.74, 6) is 2.93. The van der Waals surface area contributed by atoms with E-state index in [0.29, 0.717) is 17.0 Å². The fourth-order valence-corrected chi connectivity index (χ4v) is 2.52. The molecule has 0 radical (unpaired) electrons. The van der Waals surface area contributed by atoms with Crippen molar-refractivity contribution in [1.29, 1.82) is 5.26 Å². The van der Waals surface area contributed by atoms with Crippen LogP contribution in [0, 0.1) is 23.7 Å². The lowest BCUT2D eigenvalue weighted by atomic mass is 9.98. The Bertz CT molecular complexity index is 1010. The number of fused-ring (bicyclic) bond motifs is 1. The quantitative estimate of drug-likeness (QED) is 0.718. The molecular weight excluding hydrogens is 302 g/mol. The van der Waals surface area contributed by atoms with Crippen LogP contribution in [0.25, 0.3) is 22.0 Å². The molecule has 0 spiro atoms. The van der Waals surface area contributed by atoms with Crippen LogP contribution in [0.1, 0.15) is 5.56 Å². The van der Waals surface area contributed by atoms with E-state index in [-0.39, 0.29) is 23.9 Å². The van der Waals surface area contributed by atoms with Crippen LogP contribution in [0.4, 0.5) is 11.8 Å². The zero-order valence-corrected chi connectivity index (χ0v) is 12.7. The van der Waals surface area contributed by atoms with Gasteiger partial charge in [0.15, 0.2) is 0 Å². The number of nitrogens with zero attached hydrogens (tertiary/aromatic N) is 3. The van der Waals surface area contributed by atoms with Crippen molar-refractivity contribution in [1.82, 2.24) is 9.97 Å². The average Bonchev–Trinajstić information content (AvgIpc) is 2.58. The molecule has 0 bridgehead atoms. The van der Waals surface area contributed by atoms with E-state index < -0.39 is 0 Å². The van der Waals surface area contributed by atoms with Gasteiger partial charge in [-0.05, 0) is 16.8 Å². The Balaban J connectivity index is 2.40. The van der Waals surface area contributed by atoms with Crippen molar-refractivity contribution in [3.63, 3.8) is 0 Å². The van der Waals surface area contributed by atoms with Crippen LogP contribution >= 0.6 is 0 Å². The van der Waals surface area contributed by atoms with Crippen LogP contribution in [0.2, 0.25) is 0 Å². The van der Waals surface area contributed by atoms with Gasteiger partial charge in [0.2, 0.25) is 5.95 Å². The number of hydrogen-bond donors (Lipinski definition) is 2. The molecule has 24 heavy (non-hydrogen) atoms. The highest BCUT2D eigenvalue weighted by Gasteiger charge is 2.19. The average molecular weight is 315 g/mol. The highest BCUT2D eigenvalue weighted by molar-refractivity contribution is 6.00. The van der Waals surface area contributed by atoms with Gasteiger partial charge in [0.25, 0.3) is 0 Å². The van der Waals surface area contributed by atoms with Crippen molar-refractivity contribution in [2.75, 3.05) is 18.1 Å². The maximum absolute atomic E-state index is 9.47. The highest BCUT2D eigenvalue weighted by Crippen LogP contribution is 2.38. The van der Waals surface area contributed by atoms with Gasteiger partial charge in [0, 0.05) is 0 Å². The number of ether oxygens (including phenoxy) is 1. The number of nitriles is 1. The smallest absolute Gasteiger partial charge is 0.222 e. The summed E-state index contributed by atoms with van der Waals surface area (Å²) < 4.78 is 5.64. The Hall–Kier alpha value is -3.77. The number of hydrogen-bond acceptors (Lipinski definition) is 6. The van der Waals surface area contributed by atoms with Crippen LogP contribution in [-0.2, 0) is 0 Å². The maximum Gasteiger partial charge on any atom is 0.222 e. The predicted octanol–water partition coefficient (Wildman–Crippen LogP) is 2.34. The standard InChI is InChI=1S/C18H13N5O/c1-2-9-24-14-8-7-11-5-3-4-6-12(11)15(14)16-13(10-19)17(20)23-18(21)22-16/h1,3-8H,9H2,(H4,20,21,22,23). The zero-order valence-electron chi connectivity index (χ0n) is 12.7. The number of rotatable bonds is 3. The van der Waals surface area contributed by atoms with Gasteiger partial charge >= 0.3 is 0 Å². The number of anilines is 2. The summed E-state index contributed by atoms with van der Waals surface area (Å²) in [6.45, 7) is 0.0866. The summed E-state index contributed by atoms with van der Waals surface area (Å²) in [4.78, 5) is 8.08. The second-order valence-corrected chi connectivity index (χ2v) is 4.96. The molecule has 3 rings (SSSR count). The molecule has 6 heteroatoms. The molecule has 0 fully saturated rings. The van der Waals surface area contributed by atoms with Crippen LogP contribution in [0.3, 0.4) is 0 Å². The van der Waals surface area contributed by atoms with Gasteiger partial charge < -0.3 is 16.2 Å². The molecule has 116 valence electrons. The van der Waals surface area contributed by atoms with Crippen molar-refractivity contribution in [3.8, 4) is 35.4 Å². The Kier molecular flexibility index (Phi) is 3.88. The first-order valence-corrected chi connectivity index (χ1v) is 7.07. The van der Waals surface area contributed by atoms with Crippen LogP contribution in [-0.4, -0.2) is 16.6 Å². The molecule has 0 saturated carbocycles. The lowest BCUT2D eigenvalue weighted by molar-refractivity contribution is 0.372. The minimum Gasteiger partial charge on any atom is -0.480 e. The molecule has 2 aromatic carbocycles. The number of nitrogens with two attached hydrogens (primary N) is 2. The normalized spacial score (nSPS) is 10.1. The molecule has 0 aliphatic heterocycles. The van der Waals surface area contributed by atoms with E-state index in [4.69, 9.17) is 22.6 Å². The third-order valence-electron chi connectivity index (χ3n) is 3.50. The van der Waals surface area contributed by atoms with E-state index in [1.807, 2.05) is 36.4 Å². The molecule has 0 aliphatic carbocycles. The van der Waals surface area contributed by atoms with Gasteiger partial charge in [-0.15, -0.1) is 6.42 Å². The monoisotopic (exact) mass is 315 g/mol. The van der Waals surface area contributed by atoms with E-state index in [1.54, 1.807) is 6.07 Å². The largest absolute Gasteiger partial charge is 0.480 e. The van der Waals surface area contributed by atoms with Gasteiger partial charge in [-0.3, -0.25) is 0 Å². The first-order valence-electron chi connectivity index (χ1n) is 7.07. The molecule has 1 heterocycles. The SMILES string of the molecule is C#CCOc1ccc2ccccc2c1-c1nc(N)nc(N)c1C#N. The lowest BCUT2D eigenvalue weighted by Gasteiger charge is -2.14. The first-order chi connectivity index (χ1) is 11.7. The van der Waals surface area contributed by atoms with Crippen molar-refractivity contribution < 1.29 is 4.74 Å². The minimum atomic E-state index is -0.0164. The first kappa shape index (κ1) is 15.1. The fourth-order valence-electron chi connectivity index (χ4n) is 2.52. The van der Waals surface area contributed by atoms with Crippen LogP contribution < -0.4 is 16.2 Å². The molecule has 0 unspecified atom stereocenters. The lowest BCUT2D eigenvalue weighted by Crippen LogP contribution is -2.06. The maximum atomic E-state index is 9.47. The summed E-state index contributed by atoms with van der Waals surface area (Å²) >= 11 is 0. The number of aromatic nitrogens is 2. The molecule has 0 atom stereocenters. The topological polar surface area (TPSA) is 111 Å². The fraction of sp³-hybridized carbons (Fsp3) is 0.0556. The zero-order chi connectivity index (χ0) is 17.1. The number of benzene rings is 2. The van der Waals surface area contributed by atoms with Crippen LogP contribution in [0.5, 0.6) is 5.75 Å². The third kappa shape index (κ3) is 2.53. The van der Waals surface area contributed by atoms with E-state index in [1.165, 1.54) is 0 Å². The van der Waals surface area contributed by atoms with Gasteiger partial charge in [0.05, 0.1) is 5.56 Å². The summed E-state index contributed by atoms with van der Waals surface area (Å²) in [5.41, 5.74) is 12.6. The molecule has 1 aromatic heterocycles. The predicted molar refractivity (Wildman–Crippen MR) is 92.8 cm³/mol. The molecule has 3 aromatic rings. The number of terminal acetylenes is 1. The van der Waals surface area contributed by atoms with E-state index >= 15 is 0 Å². The van der Waals surface area contributed by atoms with Crippen molar-refractivity contribution >= 4 is 22.5 Å². The molecule has 0 aliphatic rings. The summed E-state index contributed by atoms with van der Waals surface area (Å²) in [7, 11) is 0. The van der Waals surface area contributed by atoms with Gasteiger partial charge in [-0.1, -0.05) is 36.3 Å². The summed E-state index contributed by atoms with van der Waals surface area (Å²) in [6.07, 6.45) is 5.29. The summed E-state index contributed by atoms with van der Waals surface area (Å²) in [6, 6.07) is 13.4. The van der Waals surface area contributed by atoms with Crippen molar-refractivity contribution in [2.45, 2.75) is 0 Å². The molecule has 0 saturated heterocycles. The van der Waals surface area contributed by atoms with Crippen molar-refractivity contribution in [2.24, 2.45) is 0 Å². The van der Waals surface area contributed by atoms with E-state index in [2.05, 4.69) is 15.9 Å². The van der Waals surface area contributed by atoms with E-state index in [9.17, 15) is 5.26 Å². The Morgan fingerprint density at radius 3 is 2.67 bits per heavy atom. The van der Waals surface area contributed by atoms with Gasteiger partial charge in [0.1, 0.15) is 35.5 Å². The second kappa shape index (κ2) is 6.15. The molecular formula is C18H13N5O. The Morgan fingerprint density at radius 1 is 1.12 bits per heavy atom. The van der Waals surface area contributed by atoms with Gasteiger partial charge in [-0.2, -0.15) is 10.2 Å². The second-order valence-electron chi connectivity index (χ2n) is 4.96. The minimum absolute atomic E-state index is 0.0164. The summed E-state index contributed by atoms with van der Waals surface area (Å²) in [5, 5.41) is 11.3. The van der Waals surface area contributed by atoms with Crippen LogP contribution in [0.15, 0.2) is 36.4 Å². The Morgan fingerprint density at radius 2 is 1.92 bits per heavy atom. The Labute approximate surface area is 138 Å². The molecule has 6 nitrogen and oxygen atoms in total. The van der Waals surface area contributed by atoms with E-state index in [0.717, 1.165) is 10.8 Å². The third-order valence-corrected chi connectivity index (χ3v) is 3.50. The number of nitrogen functional groups attached to an aromatic ring is 2. The highest BCUT2D eigenvalue weighted by atomic mass is 16.5. The van der Waals surface area contributed by atoms with Crippen molar-refractivity contribution in [3.05, 3.63) is 42.0 Å². The van der Waals surface area contributed by atoms with Gasteiger partial charge in [-0.25, -0.2) is 4.98 Å².